The summed E-state index contributed by atoms with van der Waals surface area (Å²) in [6, 6.07) is 10.2. The van der Waals surface area contributed by atoms with Crippen molar-refractivity contribution in [3.05, 3.63) is 35.9 Å². The summed E-state index contributed by atoms with van der Waals surface area (Å²) in [5, 5.41) is 29.8. The highest BCUT2D eigenvalue weighted by atomic mass is 16.7. The average molecular weight is 364 g/mol. The average Bonchev–Trinajstić information content (AvgIpc) is 2.85. The minimum Gasteiger partial charge on any atom is -0.394 e. The van der Waals surface area contributed by atoms with E-state index in [1.165, 1.54) is 0 Å². The van der Waals surface area contributed by atoms with E-state index < -0.39 is 11.7 Å². The van der Waals surface area contributed by atoms with Crippen LogP contribution in [0.5, 0.6) is 0 Å². The van der Waals surface area contributed by atoms with Gasteiger partial charge in [0.15, 0.2) is 0 Å². The molecule has 1 aromatic rings. The molecule has 0 aliphatic carbocycles. The van der Waals surface area contributed by atoms with Crippen LogP contribution in [0.15, 0.2) is 40.6 Å². The van der Waals surface area contributed by atoms with Crippen LogP contribution in [-0.2, 0) is 11.4 Å². The highest BCUT2D eigenvalue weighted by molar-refractivity contribution is 5.15. The van der Waals surface area contributed by atoms with E-state index in [1.54, 1.807) is 7.05 Å². The van der Waals surface area contributed by atoms with Crippen molar-refractivity contribution in [2.45, 2.75) is 63.8 Å². The van der Waals surface area contributed by atoms with E-state index in [2.05, 4.69) is 36.2 Å². The second kappa shape index (κ2) is 9.04. The summed E-state index contributed by atoms with van der Waals surface area (Å²) < 4.78 is 0. The van der Waals surface area contributed by atoms with Crippen molar-refractivity contribution in [1.82, 2.24) is 5.06 Å². The fourth-order valence-corrected chi connectivity index (χ4v) is 4.13. The number of rotatable bonds is 9. The number of azo groups is 1. The lowest BCUT2D eigenvalue weighted by Gasteiger charge is -2.39. The van der Waals surface area contributed by atoms with Gasteiger partial charge in [0.2, 0.25) is 0 Å². The van der Waals surface area contributed by atoms with Gasteiger partial charge in [0.1, 0.15) is 5.60 Å². The van der Waals surface area contributed by atoms with Crippen LogP contribution in [0.2, 0.25) is 0 Å². The Bertz CT molecular complexity index is 581. The molecule has 1 aliphatic rings. The van der Waals surface area contributed by atoms with Crippen LogP contribution in [0.4, 0.5) is 0 Å². The molecule has 0 amide bonds. The molecule has 0 aromatic heterocycles. The SMILES string of the molecule is CN=NCC1(C)C[C@](CC(C)C)(CC(O)CO)N(Cc2ccccc2)O1. The quantitative estimate of drug-likeness (QED) is 0.661. The zero-order chi connectivity index (χ0) is 19.2. The molecule has 2 unspecified atom stereocenters. The Morgan fingerprint density at radius 2 is 1.92 bits per heavy atom. The predicted octanol–water partition coefficient (Wildman–Crippen LogP) is 3.19. The van der Waals surface area contributed by atoms with Crippen LogP contribution in [0.25, 0.3) is 0 Å². The lowest BCUT2D eigenvalue weighted by Crippen LogP contribution is -2.46. The van der Waals surface area contributed by atoms with E-state index in [0.29, 0.717) is 25.4 Å². The first-order valence-electron chi connectivity index (χ1n) is 9.38. The van der Waals surface area contributed by atoms with Crippen LogP contribution in [0.3, 0.4) is 0 Å². The van der Waals surface area contributed by atoms with Crippen LogP contribution >= 0.6 is 0 Å². The largest absolute Gasteiger partial charge is 0.394 e. The van der Waals surface area contributed by atoms with Crippen molar-refractivity contribution in [2.24, 2.45) is 16.1 Å². The van der Waals surface area contributed by atoms with Gasteiger partial charge in [-0.25, -0.2) is 0 Å². The summed E-state index contributed by atoms with van der Waals surface area (Å²) in [7, 11) is 1.66. The van der Waals surface area contributed by atoms with E-state index in [-0.39, 0.29) is 12.1 Å². The van der Waals surface area contributed by atoms with Crippen molar-refractivity contribution < 1.29 is 15.1 Å². The summed E-state index contributed by atoms with van der Waals surface area (Å²) in [5.74, 6) is 0.429. The number of hydrogen-bond acceptors (Lipinski definition) is 6. The molecule has 146 valence electrons. The molecule has 0 spiro atoms. The summed E-state index contributed by atoms with van der Waals surface area (Å²) in [4.78, 5) is 6.40. The first-order valence-corrected chi connectivity index (χ1v) is 9.38. The highest BCUT2D eigenvalue weighted by Gasteiger charge is 2.53. The fourth-order valence-electron chi connectivity index (χ4n) is 4.13. The predicted molar refractivity (Wildman–Crippen MR) is 102 cm³/mol. The Morgan fingerprint density at radius 3 is 2.50 bits per heavy atom. The molecule has 0 radical (unpaired) electrons. The zero-order valence-electron chi connectivity index (χ0n) is 16.4. The van der Waals surface area contributed by atoms with Gasteiger partial charge in [0, 0.05) is 20.0 Å². The lowest BCUT2D eigenvalue weighted by atomic mass is 9.77. The number of aliphatic hydroxyl groups excluding tert-OH is 2. The third-order valence-corrected chi connectivity index (χ3v) is 4.89. The Kier molecular flexibility index (Phi) is 7.29. The first kappa shape index (κ1) is 21.0. The third-order valence-electron chi connectivity index (χ3n) is 4.89. The van der Waals surface area contributed by atoms with Crippen LogP contribution in [0, 0.1) is 5.92 Å². The summed E-state index contributed by atoms with van der Waals surface area (Å²) in [6.07, 6.45) is 1.30. The van der Waals surface area contributed by atoms with Crippen LogP contribution < -0.4 is 0 Å². The second-order valence-electron chi connectivity index (χ2n) is 8.10. The molecule has 2 N–H and O–H groups in total. The molecule has 1 aromatic carbocycles. The van der Waals surface area contributed by atoms with E-state index in [4.69, 9.17) is 4.84 Å². The van der Waals surface area contributed by atoms with E-state index in [0.717, 1.165) is 18.4 Å². The smallest absolute Gasteiger partial charge is 0.110 e. The van der Waals surface area contributed by atoms with Gasteiger partial charge in [0.25, 0.3) is 0 Å². The van der Waals surface area contributed by atoms with E-state index in [9.17, 15) is 10.2 Å². The van der Waals surface area contributed by atoms with Crippen LogP contribution in [-0.4, -0.2) is 52.7 Å². The Morgan fingerprint density at radius 1 is 1.23 bits per heavy atom. The monoisotopic (exact) mass is 363 g/mol. The maximum absolute atomic E-state index is 10.3. The minimum atomic E-state index is -0.772. The molecular formula is C20H33N3O3. The van der Waals surface area contributed by atoms with Gasteiger partial charge in [0.05, 0.1) is 24.8 Å². The summed E-state index contributed by atoms with van der Waals surface area (Å²) >= 11 is 0. The van der Waals surface area contributed by atoms with Crippen molar-refractivity contribution in [3.63, 3.8) is 0 Å². The molecule has 6 heteroatoms. The number of nitrogens with zero attached hydrogens (tertiary/aromatic N) is 3. The molecule has 1 aliphatic heterocycles. The fraction of sp³-hybridized carbons (Fsp3) is 0.700. The lowest BCUT2D eigenvalue weighted by molar-refractivity contribution is -0.229. The molecule has 0 saturated carbocycles. The van der Waals surface area contributed by atoms with E-state index >= 15 is 0 Å². The zero-order valence-corrected chi connectivity index (χ0v) is 16.4. The van der Waals surface area contributed by atoms with Crippen molar-refractivity contribution in [1.29, 1.82) is 0 Å². The Hall–Kier alpha value is -1.34. The second-order valence-corrected chi connectivity index (χ2v) is 8.10. The Labute approximate surface area is 156 Å². The third kappa shape index (κ3) is 5.33. The number of benzene rings is 1. The maximum atomic E-state index is 10.3. The summed E-state index contributed by atoms with van der Waals surface area (Å²) in [5.41, 5.74) is 0.322. The standard InChI is InChI=1S/C20H33N3O3/c1-16(2)10-20(11-18(25)13-24)14-19(3,15-22-21-4)26-23(20)12-17-8-6-5-7-9-17/h5-9,16,18,24-25H,10-15H2,1-4H3/t18?,19?,20-/m0/s1. The molecule has 1 fully saturated rings. The van der Waals surface area contributed by atoms with Crippen LogP contribution in [0.1, 0.15) is 45.6 Å². The molecule has 26 heavy (non-hydrogen) atoms. The molecule has 6 nitrogen and oxygen atoms in total. The molecule has 1 saturated heterocycles. The van der Waals surface area contributed by atoms with Gasteiger partial charge < -0.3 is 10.2 Å². The minimum absolute atomic E-state index is 0.246. The molecular weight excluding hydrogens is 330 g/mol. The first-order chi connectivity index (χ1) is 12.3. The van der Waals surface area contributed by atoms with Gasteiger partial charge in [-0.2, -0.15) is 15.3 Å². The normalized spacial score (nSPS) is 28.3. The van der Waals surface area contributed by atoms with Crippen molar-refractivity contribution in [3.8, 4) is 0 Å². The molecule has 2 rings (SSSR count). The number of hydrogen-bond donors (Lipinski definition) is 2. The number of aliphatic hydroxyl groups is 2. The van der Waals surface area contributed by atoms with Gasteiger partial charge in [-0.3, -0.25) is 4.84 Å². The molecule has 1 heterocycles. The van der Waals surface area contributed by atoms with Gasteiger partial charge in [-0.1, -0.05) is 44.2 Å². The molecule has 3 atom stereocenters. The van der Waals surface area contributed by atoms with Crippen molar-refractivity contribution >= 4 is 0 Å². The van der Waals surface area contributed by atoms with Gasteiger partial charge in [-0.05, 0) is 31.2 Å². The molecule has 0 bridgehead atoms. The Balaban J connectivity index is 2.35. The summed E-state index contributed by atoms with van der Waals surface area (Å²) in [6.45, 7) is 7.26. The topological polar surface area (TPSA) is 77.7 Å². The van der Waals surface area contributed by atoms with Gasteiger partial charge >= 0.3 is 0 Å². The van der Waals surface area contributed by atoms with Crippen molar-refractivity contribution in [2.75, 3.05) is 20.2 Å². The number of hydroxylamine groups is 2. The van der Waals surface area contributed by atoms with E-state index in [1.807, 2.05) is 30.2 Å². The van der Waals surface area contributed by atoms with Gasteiger partial charge in [-0.15, -0.1) is 0 Å². The highest BCUT2D eigenvalue weighted by Crippen LogP contribution is 2.46. The maximum Gasteiger partial charge on any atom is 0.110 e.